The fraction of sp³-hybridized carbons (Fsp3) is 0.312. The first kappa shape index (κ1) is 15.1. The third-order valence-electron chi connectivity index (χ3n) is 3.03. The number of hydrogen-bond donors (Lipinski definition) is 0. The molecule has 0 aliphatic carbocycles. The van der Waals surface area contributed by atoms with Gasteiger partial charge in [-0.3, -0.25) is 4.99 Å². The zero-order valence-corrected chi connectivity index (χ0v) is 13.2. The molecule has 0 aromatic carbocycles. The van der Waals surface area contributed by atoms with Crippen LogP contribution in [0.25, 0.3) is 0 Å². The molecule has 0 atom stereocenters. The summed E-state index contributed by atoms with van der Waals surface area (Å²) >= 11 is 0. The first-order chi connectivity index (χ1) is 10.9. The van der Waals surface area contributed by atoms with E-state index in [9.17, 15) is 4.79 Å². The van der Waals surface area contributed by atoms with Crippen LogP contribution in [0.1, 0.15) is 27.2 Å². The highest BCUT2D eigenvalue weighted by molar-refractivity contribution is 6.13. The van der Waals surface area contributed by atoms with Crippen LogP contribution >= 0.6 is 0 Å². The smallest absolute Gasteiger partial charge is 0.423 e. The Morgan fingerprint density at radius 3 is 2.65 bits per heavy atom. The van der Waals surface area contributed by atoms with Crippen LogP contribution in [-0.2, 0) is 4.74 Å². The number of carbonyl (C=O) groups excluding carboxylic acids is 1. The summed E-state index contributed by atoms with van der Waals surface area (Å²) in [7, 11) is 0. The Bertz CT molecular complexity index is 741. The minimum atomic E-state index is -0.633. The molecule has 3 rings (SSSR count). The Morgan fingerprint density at radius 2 is 2.00 bits per heavy atom. The molecule has 1 aromatic heterocycles. The maximum atomic E-state index is 12.6. The van der Waals surface area contributed by atoms with Gasteiger partial charge in [-0.15, -0.1) is 0 Å². The monoisotopic (exact) mass is 311 g/mol. The molecule has 0 fully saturated rings. The summed E-state index contributed by atoms with van der Waals surface area (Å²) in [6, 6.07) is 1.68. The number of fused-ring (bicyclic) bond motifs is 1. The van der Waals surface area contributed by atoms with E-state index in [1.54, 1.807) is 57.7 Å². The van der Waals surface area contributed by atoms with Crippen molar-refractivity contribution >= 4 is 24.0 Å². The van der Waals surface area contributed by atoms with Crippen LogP contribution in [0.2, 0.25) is 0 Å². The van der Waals surface area contributed by atoms with Crippen molar-refractivity contribution < 1.29 is 9.53 Å². The molecule has 0 bridgehead atoms. The lowest BCUT2D eigenvalue weighted by Crippen LogP contribution is -2.36. The molecule has 0 saturated heterocycles. The number of nitrogens with zero attached hydrogens (tertiary/aromatic N) is 5. The van der Waals surface area contributed by atoms with Crippen LogP contribution < -0.4 is 4.90 Å². The van der Waals surface area contributed by atoms with Crippen molar-refractivity contribution in [3.05, 3.63) is 42.1 Å². The molecule has 1 aromatic rings. The second-order valence-electron chi connectivity index (χ2n) is 6.05. The van der Waals surface area contributed by atoms with E-state index >= 15 is 0 Å². The molecule has 3 heterocycles. The van der Waals surface area contributed by atoms with Crippen LogP contribution in [0.5, 0.6) is 0 Å². The molecular formula is C16H17N5O2. The van der Waals surface area contributed by atoms with Gasteiger partial charge in [0.15, 0.2) is 0 Å². The van der Waals surface area contributed by atoms with Crippen LogP contribution in [0.3, 0.4) is 0 Å². The van der Waals surface area contributed by atoms with Gasteiger partial charge in [0.1, 0.15) is 11.4 Å². The van der Waals surface area contributed by atoms with Crippen molar-refractivity contribution in [1.29, 1.82) is 0 Å². The van der Waals surface area contributed by atoms with Gasteiger partial charge in [0.2, 0.25) is 5.95 Å². The summed E-state index contributed by atoms with van der Waals surface area (Å²) < 4.78 is 5.47. The lowest BCUT2D eigenvalue weighted by molar-refractivity contribution is 0.0590. The Morgan fingerprint density at radius 1 is 1.26 bits per heavy atom. The van der Waals surface area contributed by atoms with Crippen molar-refractivity contribution in [2.24, 2.45) is 9.98 Å². The van der Waals surface area contributed by atoms with E-state index in [0.717, 1.165) is 11.3 Å². The van der Waals surface area contributed by atoms with Gasteiger partial charge in [-0.2, -0.15) is 4.90 Å². The fourth-order valence-corrected chi connectivity index (χ4v) is 2.11. The quantitative estimate of drug-likeness (QED) is 0.841. The third-order valence-corrected chi connectivity index (χ3v) is 3.03. The molecule has 0 spiro atoms. The fourth-order valence-electron chi connectivity index (χ4n) is 2.11. The molecule has 0 saturated carbocycles. The second kappa shape index (κ2) is 5.75. The van der Waals surface area contributed by atoms with Crippen molar-refractivity contribution in [2.45, 2.75) is 32.8 Å². The van der Waals surface area contributed by atoms with Crippen molar-refractivity contribution in [3.63, 3.8) is 0 Å². The predicted octanol–water partition coefficient (Wildman–Crippen LogP) is 2.87. The molecule has 7 heteroatoms. The number of rotatable bonds is 2. The number of aromatic nitrogens is 2. The SMILES string of the molecule is CC(C)(C)OC(=O)N(C1=CC2=CN=CCC2=N1)c1ncccn1. The summed E-state index contributed by atoms with van der Waals surface area (Å²) in [6.07, 6.45) is 8.47. The van der Waals surface area contributed by atoms with Crippen LogP contribution in [0.15, 0.2) is 52.1 Å². The number of hydrogen-bond acceptors (Lipinski definition) is 6. The number of carbonyl (C=O) groups is 1. The van der Waals surface area contributed by atoms with Gasteiger partial charge in [-0.05, 0) is 32.9 Å². The third kappa shape index (κ3) is 3.33. The van der Waals surface area contributed by atoms with Gasteiger partial charge in [0.05, 0.1) is 5.71 Å². The topological polar surface area (TPSA) is 80.0 Å². The van der Waals surface area contributed by atoms with Crippen LogP contribution in [0, 0.1) is 0 Å². The molecule has 23 heavy (non-hydrogen) atoms. The van der Waals surface area contributed by atoms with Gasteiger partial charge < -0.3 is 4.74 Å². The summed E-state index contributed by atoms with van der Waals surface area (Å²) in [5.41, 5.74) is 1.11. The van der Waals surface area contributed by atoms with Gasteiger partial charge in [0, 0.05) is 36.8 Å². The molecule has 7 nitrogen and oxygen atoms in total. The van der Waals surface area contributed by atoms with E-state index in [0.29, 0.717) is 12.2 Å². The maximum Gasteiger partial charge on any atom is 0.423 e. The van der Waals surface area contributed by atoms with Gasteiger partial charge in [-0.1, -0.05) is 0 Å². The standard InChI is InChI=1S/C16H17N5O2/c1-16(2,3)23-15(22)21(14-18-6-4-7-19-14)13-9-11-10-17-8-5-12(11)20-13/h4,6-10H,5H2,1-3H3. The number of anilines is 1. The number of aliphatic imine (C=N–C) groups is 2. The summed E-state index contributed by atoms with van der Waals surface area (Å²) in [4.78, 5) is 30.8. The van der Waals surface area contributed by atoms with Crippen LogP contribution in [-0.4, -0.2) is 33.6 Å². The largest absolute Gasteiger partial charge is 0.443 e. The minimum Gasteiger partial charge on any atom is -0.443 e. The Labute approximate surface area is 134 Å². The number of ether oxygens (including phenoxy) is 1. The summed E-state index contributed by atoms with van der Waals surface area (Å²) in [6.45, 7) is 5.42. The normalized spacial score (nSPS) is 16.2. The molecule has 1 amide bonds. The minimum absolute atomic E-state index is 0.220. The lowest BCUT2D eigenvalue weighted by Gasteiger charge is -2.25. The second-order valence-corrected chi connectivity index (χ2v) is 6.05. The highest BCUT2D eigenvalue weighted by Gasteiger charge is 2.31. The van der Waals surface area contributed by atoms with E-state index in [2.05, 4.69) is 20.0 Å². The Balaban J connectivity index is 1.97. The van der Waals surface area contributed by atoms with E-state index < -0.39 is 11.7 Å². The van der Waals surface area contributed by atoms with E-state index in [4.69, 9.17) is 4.74 Å². The average Bonchev–Trinajstić information content (AvgIpc) is 2.90. The van der Waals surface area contributed by atoms with Gasteiger partial charge >= 0.3 is 6.09 Å². The zero-order chi connectivity index (χ0) is 16.4. The zero-order valence-electron chi connectivity index (χ0n) is 13.2. The van der Waals surface area contributed by atoms with Gasteiger partial charge in [0.25, 0.3) is 0 Å². The molecule has 0 N–H and O–H groups in total. The van der Waals surface area contributed by atoms with Crippen molar-refractivity contribution in [3.8, 4) is 0 Å². The molecule has 118 valence electrons. The summed E-state index contributed by atoms with van der Waals surface area (Å²) in [5.74, 6) is 0.648. The molecular weight excluding hydrogens is 294 g/mol. The highest BCUT2D eigenvalue weighted by atomic mass is 16.6. The first-order valence-corrected chi connectivity index (χ1v) is 7.25. The molecule has 2 aliphatic rings. The Kier molecular flexibility index (Phi) is 3.77. The predicted molar refractivity (Wildman–Crippen MR) is 87.5 cm³/mol. The van der Waals surface area contributed by atoms with Crippen molar-refractivity contribution in [1.82, 2.24) is 9.97 Å². The highest BCUT2D eigenvalue weighted by Crippen LogP contribution is 2.27. The van der Waals surface area contributed by atoms with Gasteiger partial charge in [-0.25, -0.2) is 19.8 Å². The van der Waals surface area contributed by atoms with Crippen LogP contribution in [0.4, 0.5) is 10.7 Å². The molecule has 2 aliphatic heterocycles. The molecule has 0 radical (unpaired) electrons. The van der Waals surface area contributed by atoms with Crippen molar-refractivity contribution in [2.75, 3.05) is 4.90 Å². The Hall–Kier alpha value is -2.83. The maximum absolute atomic E-state index is 12.6. The van der Waals surface area contributed by atoms with E-state index in [1.807, 2.05) is 0 Å². The molecule has 0 unspecified atom stereocenters. The first-order valence-electron chi connectivity index (χ1n) is 7.25. The summed E-state index contributed by atoms with van der Waals surface area (Å²) in [5, 5.41) is 0. The van der Waals surface area contributed by atoms with E-state index in [-0.39, 0.29) is 5.95 Å². The number of allylic oxidation sites excluding steroid dienone is 2. The van der Waals surface area contributed by atoms with E-state index in [1.165, 1.54) is 4.90 Å². The average molecular weight is 311 g/mol. The lowest BCUT2D eigenvalue weighted by atomic mass is 10.1. The number of amides is 1.